The van der Waals surface area contributed by atoms with Crippen LogP contribution >= 0.6 is 23.1 Å². The molecule has 0 spiro atoms. The minimum atomic E-state index is 0.0222. The number of rotatable bonds is 1. The van der Waals surface area contributed by atoms with Crippen LogP contribution in [-0.4, -0.2) is 22.0 Å². The van der Waals surface area contributed by atoms with E-state index in [0.29, 0.717) is 6.42 Å². The van der Waals surface area contributed by atoms with Crippen molar-refractivity contribution >= 4 is 34.8 Å². The second-order valence-electron chi connectivity index (χ2n) is 4.14. The molecule has 0 aromatic carbocycles. The maximum atomic E-state index is 12.4. The first-order valence-electron chi connectivity index (χ1n) is 5.65. The Morgan fingerprint density at radius 2 is 2.33 bits per heavy atom. The van der Waals surface area contributed by atoms with Crippen LogP contribution in [0.15, 0.2) is 40.3 Å². The molecule has 2 aliphatic rings. The van der Waals surface area contributed by atoms with E-state index in [9.17, 15) is 9.59 Å². The van der Waals surface area contributed by atoms with E-state index in [4.69, 9.17) is 0 Å². The van der Waals surface area contributed by atoms with Crippen LogP contribution < -0.4 is 0 Å². The van der Waals surface area contributed by atoms with E-state index < -0.39 is 0 Å². The molecular formula is C13H11NO2S2. The Labute approximate surface area is 113 Å². The summed E-state index contributed by atoms with van der Waals surface area (Å²) >= 11 is 3.01. The molecule has 0 radical (unpaired) electrons. The Bertz CT molecular complexity index is 572. The average molecular weight is 277 g/mol. The fourth-order valence-electron chi connectivity index (χ4n) is 2.11. The number of fused-ring (bicyclic) bond motifs is 1. The molecule has 18 heavy (non-hydrogen) atoms. The van der Waals surface area contributed by atoms with E-state index in [0.717, 1.165) is 15.5 Å². The number of hydrogen-bond acceptors (Lipinski definition) is 4. The van der Waals surface area contributed by atoms with Crippen LogP contribution in [0.5, 0.6) is 0 Å². The van der Waals surface area contributed by atoms with Gasteiger partial charge in [-0.25, -0.2) is 0 Å². The molecule has 1 unspecified atom stereocenters. The number of nitrogens with zero attached hydrogens (tertiary/aromatic N) is 1. The van der Waals surface area contributed by atoms with Crippen molar-refractivity contribution in [2.45, 2.75) is 18.7 Å². The lowest BCUT2D eigenvalue weighted by Crippen LogP contribution is -2.31. The maximum Gasteiger partial charge on any atom is 0.269 e. The molecule has 1 saturated heterocycles. The number of thiophene rings is 1. The Balaban J connectivity index is 1.96. The SMILES string of the molecule is CC1SC2=CC(=O)CC=C2N1C(=O)c1cccs1. The average Bonchev–Trinajstić information content (AvgIpc) is 2.94. The molecule has 0 bridgehead atoms. The first kappa shape index (κ1) is 11.7. The third-order valence-corrected chi connectivity index (χ3v) is 4.90. The fraction of sp³-hybridized carbons (Fsp3) is 0.231. The zero-order valence-electron chi connectivity index (χ0n) is 9.75. The molecule has 0 N–H and O–H groups in total. The molecule has 1 aromatic rings. The highest BCUT2D eigenvalue weighted by atomic mass is 32.2. The van der Waals surface area contributed by atoms with Crippen LogP contribution in [-0.2, 0) is 4.79 Å². The van der Waals surface area contributed by atoms with Crippen molar-refractivity contribution in [3.63, 3.8) is 0 Å². The van der Waals surface area contributed by atoms with Crippen molar-refractivity contribution in [1.29, 1.82) is 0 Å². The summed E-state index contributed by atoms with van der Waals surface area (Å²) in [6.07, 6.45) is 3.90. The first-order chi connectivity index (χ1) is 8.66. The molecule has 3 rings (SSSR count). The largest absolute Gasteiger partial charge is 0.294 e. The molecule has 1 fully saturated rings. The van der Waals surface area contributed by atoms with Crippen molar-refractivity contribution in [3.05, 3.63) is 45.1 Å². The maximum absolute atomic E-state index is 12.4. The molecule has 3 nitrogen and oxygen atoms in total. The third kappa shape index (κ3) is 1.83. The molecule has 1 amide bonds. The zero-order valence-corrected chi connectivity index (χ0v) is 11.4. The van der Waals surface area contributed by atoms with Gasteiger partial charge in [-0.3, -0.25) is 14.5 Å². The second-order valence-corrected chi connectivity index (χ2v) is 6.44. The normalized spacial score (nSPS) is 22.6. The summed E-state index contributed by atoms with van der Waals surface area (Å²) in [5.41, 5.74) is 0.894. The van der Waals surface area contributed by atoms with E-state index >= 15 is 0 Å². The molecule has 2 heterocycles. The monoisotopic (exact) mass is 277 g/mol. The van der Waals surface area contributed by atoms with Crippen molar-refractivity contribution in [2.75, 3.05) is 0 Å². The Morgan fingerprint density at radius 1 is 1.50 bits per heavy atom. The van der Waals surface area contributed by atoms with Gasteiger partial charge in [-0.15, -0.1) is 11.3 Å². The number of allylic oxidation sites excluding steroid dienone is 2. The third-order valence-electron chi connectivity index (χ3n) is 2.91. The molecule has 1 atom stereocenters. The van der Waals surface area contributed by atoms with Gasteiger partial charge in [-0.1, -0.05) is 23.9 Å². The number of ketones is 1. The van der Waals surface area contributed by atoms with E-state index in [2.05, 4.69) is 0 Å². The van der Waals surface area contributed by atoms with Crippen molar-refractivity contribution < 1.29 is 9.59 Å². The smallest absolute Gasteiger partial charge is 0.269 e. The summed E-state index contributed by atoms with van der Waals surface area (Å²) in [5.74, 6) is 0.132. The van der Waals surface area contributed by atoms with Crippen LogP contribution in [0.4, 0.5) is 0 Å². The van der Waals surface area contributed by atoms with Crippen LogP contribution in [0.3, 0.4) is 0 Å². The van der Waals surface area contributed by atoms with E-state index in [1.165, 1.54) is 11.3 Å². The second kappa shape index (κ2) is 4.40. The van der Waals surface area contributed by atoms with Gasteiger partial charge in [0.15, 0.2) is 5.78 Å². The van der Waals surface area contributed by atoms with Gasteiger partial charge in [0.05, 0.1) is 15.9 Å². The molecule has 1 aliphatic carbocycles. The number of amides is 1. The zero-order chi connectivity index (χ0) is 12.7. The summed E-state index contributed by atoms with van der Waals surface area (Å²) in [7, 11) is 0. The quantitative estimate of drug-likeness (QED) is 0.792. The van der Waals surface area contributed by atoms with E-state index in [1.54, 1.807) is 22.7 Å². The van der Waals surface area contributed by atoms with Gasteiger partial charge in [0.1, 0.15) is 0 Å². The number of carbonyl (C=O) groups is 2. The lowest BCUT2D eigenvalue weighted by atomic mass is 10.1. The van der Waals surface area contributed by atoms with Crippen LogP contribution in [0, 0.1) is 0 Å². The van der Waals surface area contributed by atoms with Gasteiger partial charge in [-0.2, -0.15) is 0 Å². The van der Waals surface area contributed by atoms with Gasteiger partial charge >= 0.3 is 0 Å². The van der Waals surface area contributed by atoms with Crippen molar-refractivity contribution in [2.24, 2.45) is 0 Å². The van der Waals surface area contributed by atoms with Gasteiger partial charge in [0, 0.05) is 11.3 Å². The topological polar surface area (TPSA) is 37.4 Å². The Hall–Kier alpha value is -1.33. The molecule has 1 aliphatic heterocycles. The van der Waals surface area contributed by atoms with Crippen LogP contribution in [0.1, 0.15) is 23.0 Å². The van der Waals surface area contributed by atoms with Crippen LogP contribution in [0.25, 0.3) is 0 Å². The highest BCUT2D eigenvalue weighted by Crippen LogP contribution is 2.44. The summed E-state index contributed by atoms with van der Waals surface area (Å²) in [5, 5.41) is 1.94. The Morgan fingerprint density at radius 3 is 3.06 bits per heavy atom. The van der Waals surface area contributed by atoms with Gasteiger partial charge < -0.3 is 0 Å². The van der Waals surface area contributed by atoms with E-state index in [-0.39, 0.29) is 17.1 Å². The predicted octanol–water partition coefficient (Wildman–Crippen LogP) is 3.02. The number of carbonyl (C=O) groups excluding carboxylic acids is 2. The summed E-state index contributed by atoms with van der Waals surface area (Å²) < 4.78 is 0. The lowest BCUT2D eigenvalue weighted by Gasteiger charge is -2.21. The highest BCUT2D eigenvalue weighted by Gasteiger charge is 2.36. The summed E-state index contributed by atoms with van der Waals surface area (Å²) in [6, 6.07) is 3.71. The lowest BCUT2D eigenvalue weighted by molar-refractivity contribution is -0.114. The molecular weight excluding hydrogens is 266 g/mol. The minimum Gasteiger partial charge on any atom is -0.294 e. The number of thioether (sulfide) groups is 1. The summed E-state index contributed by atoms with van der Waals surface area (Å²) in [6.45, 7) is 1.99. The standard InChI is InChI=1S/C13H11NO2S2/c1-8-14(13(16)11-3-2-6-17-11)10-5-4-9(15)7-12(10)18-8/h2-3,5-8H,4H2,1H3. The fourth-order valence-corrected chi connectivity index (χ4v) is 3.96. The van der Waals surface area contributed by atoms with E-state index in [1.807, 2.05) is 30.5 Å². The number of hydrogen-bond donors (Lipinski definition) is 0. The summed E-state index contributed by atoms with van der Waals surface area (Å²) in [4.78, 5) is 27.3. The molecule has 92 valence electrons. The van der Waals surface area contributed by atoms with Crippen molar-refractivity contribution in [1.82, 2.24) is 4.90 Å². The van der Waals surface area contributed by atoms with Gasteiger partial charge in [0.25, 0.3) is 5.91 Å². The molecule has 5 heteroatoms. The molecule has 1 aromatic heterocycles. The van der Waals surface area contributed by atoms with Crippen LogP contribution in [0.2, 0.25) is 0 Å². The van der Waals surface area contributed by atoms with Gasteiger partial charge in [-0.05, 0) is 24.4 Å². The Kier molecular flexibility index (Phi) is 2.87. The highest BCUT2D eigenvalue weighted by molar-refractivity contribution is 8.04. The predicted molar refractivity (Wildman–Crippen MR) is 73.3 cm³/mol. The van der Waals surface area contributed by atoms with Crippen molar-refractivity contribution in [3.8, 4) is 0 Å². The molecule has 0 saturated carbocycles. The first-order valence-corrected chi connectivity index (χ1v) is 7.41. The minimum absolute atomic E-state index is 0.0222. The van der Waals surface area contributed by atoms with Gasteiger partial charge in [0.2, 0.25) is 0 Å².